The van der Waals surface area contributed by atoms with Crippen molar-refractivity contribution in [2.24, 2.45) is 0 Å². The van der Waals surface area contributed by atoms with Gasteiger partial charge >= 0.3 is 0 Å². The molecule has 0 saturated heterocycles. The van der Waals surface area contributed by atoms with Crippen LogP contribution in [0.4, 0.5) is 11.4 Å². The van der Waals surface area contributed by atoms with Gasteiger partial charge in [-0.15, -0.1) is 0 Å². The van der Waals surface area contributed by atoms with Gasteiger partial charge in [0.1, 0.15) is 13.2 Å². The predicted octanol–water partition coefficient (Wildman–Crippen LogP) is 4.12. The molecular weight excluding hydrogens is 351 g/mol. The monoisotopic (exact) mass is 366 g/mol. The van der Waals surface area contributed by atoms with Gasteiger partial charge < -0.3 is 20.1 Å². The van der Waals surface area contributed by atoms with Crippen molar-refractivity contribution in [2.75, 3.05) is 30.4 Å². The summed E-state index contributed by atoms with van der Waals surface area (Å²) in [7, 11) is 0. The first-order valence-electron chi connectivity index (χ1n) is 7.42. The number of aryl methyl sites for hydroxylation is 1. The molecule has 1 amide bonds. The number of halogens is 2. The lowest BCUT2D eigenvalue weighted by molar-refractivity contribution is -0.114. The number of ether oxygens (including phenoxy) is 2. The van der Waals surface area contributed by atoms with Crippen molar-refractivity contribution < 1.29 is 14.3 Å². The first kappa shape index (κ1) is 16.7. The topological polar surface area (TPSA) is 59.6 Å². The van der Waals surface area contributed by atoms with E-state index in [4.69, 9.17) is 32.7 Å². The van der Waals surface area contributed by atoms with Crippen molar-refractivity contribution in [2.45, 2.75) is 6.92 Å². The Labute approximate surface area is 149 Å². The molecule has 126 valence electrons. The van der Waals surface area contributed by atoms with Gasteiger partial charge in [0.25, 0.3) is 0 Å². The highest BCUT2D eigenvalue weighted by atomic mass is 35.5. The first-order valence-corrected chi connectivity index (χ1v) is 8.17. The van der Waals surface area contributed by atoms with Gasteiger partial charge in [-0.25, -0.2) is 0 Å². The van der Waals surface area contributed by atoms with E-state index in [0.29, 0.717) is 40.4 Å². The van der Waals surface area contributed by atoms with Crippen LogP contribution in [0.3, 0.4) is 0 Å². The van der Waals surface area contributed by atoms with E-state index in [9.17, 15) is 4.79 Å². The minimum Gasteiger partial charge on any atom is -0.486 e. The predicted molar refractivity (Wildman–Crippen MR) is 95.8 cm³/mol. The number of carbonyl (C=O) groups is 1. The van der Waals surface area contributed by atoms with E-state index >= 15 is 0 Å². The Balaban J connectivity index is 1.65. The summed E-state index contributed by atoms with van der Waals surface area (Å²) >= 11 is 12.1. The van der Waals surface area contributed by atoms with Crippen LogP contribution in [0, 0.1) is 6.92 Å². The Hall–Kier alpha value is -2.11. The van der Waals surface area contributed by atoms with Crippen molar-refractivity contribution in [3.05, 3.63) is 45.9 Å². The molecule has 0 radical (unpaired) electrons. The summed E-state index contributed by atoms with van der Waals surface area (Å²) < 4.78 is 10.9. The van der Waals surface area contributed by atoms with Crippen LogP contribution in [0.1, 0.15) is 5.56 Å². The van der Waals surface area contributed by atoms with E-state index in [1.54, 1.807) is 24.3 Å². The van der Waals surface area contributed by atoms with E-state index in [1.165, 1.54) is 0 Å². The zero-order valence-corrected chi connectivity index (χ0v) is 14.5. The second kappa shape index (κ2) is 7.20. The SMILES string of the molecule is Cc1ccc(Cl)cc1NCC(=O)Nc1cc2c(cc1Cl)OCCO2. The maximum absolute atomic E-state index is 12.2. The third kappa shape index (κ3) is 3.86. The second-order valence-corrected chi connectivity index (χ2v) is 6.18. The molecule has 2 N–H and O–H groups in total. The lowest BCUT2D eigenvalue weighted by atomic mass is 10.2. The van der Waals surface area contributed by atoms with Crippen molar-refractivity contribution >= 4 is 40.5 Å². The molecule has 1 heterocycles. The number of carbonyl (C=O) groups excluding carboxylic acids is 1. The fourth-order valence-electron chi connectivity index (χ4n) is 2.31. The van der Waals surface area contributed by atoms with Gasteiger partial charge in [-0.1, -0.05) is 29.3 Å². The number of hydrogen-bond acceptors (Lipinski definition) is 4. The fraction of sp³-hybridized carbons (Fsp3) is 0.235. The average molecular weight is 367 g/mol. The molecule has 0 bridgehead atoms. The van der Waals surface area contributed by atoms with Crippen LogP contribution in [0.25, 0.3) is 0 Å². The summed E-state index contributed by atoms with van der Waals surface area (Å²) in [5, 5.41) is 6.83. The highest BCUT2D eigenvalue weighted by molar-refractivity contribution is 6.34. The van der Waals surface area contributed by atoms with Gasteiger partial charge in [0.15, 0.2) is 11.5 Å². The van der Waals surface area contributed by atoms with Crippen molar-refractivity contribution in [1.82, 2.24) is 0 Å². The number of hydrogen-bond donors (Lipinski definition) is 2. The first-order chi connectivity index (χ1) is 11.5. The smallest absolute Gasteiger partial charge is 0.243 e. The minimum absolute atomic E-state index is 0.0892. The fourth-order valence-corrected chi connectivity index (χ4v) is 2.69. The molecule has 3 rings (SSSR count). The van der Waals surface area contributed by atoms with Gasteiger partial charge in [0.05, 0.1) is 17.3 Å². The van der Waals surface area contributed by atoms with Crippen LogP contribution in [-0.2, 0) is 4.79 Å². The minimum atomic E-state index is -0.229. The van der Waals surface area contributed by atoms with Crippen LogP contribution in [-0.4, -0.2) is 25.7 Å². The van der Waals surface area contributed by atoms with Crippen LogP contribution >= 0.6 is 23.2 Å². The van der Waals surface area contributed by atoms with E-state index < -0.39 is 0 Å². The molecule has 0 atom stereocenters. The number of fused-ring (bicyclic) bond motifs is 1. The van der Waals surface area contributed by atoms with Crippen LogP contribution in [0.15, 0.2) is 30.3 Å². The summed E-state index contributed by atoms with van der Waals surface area (Å²) in [6, 6.07) is 8.78. The molecular formula is C17H16Cl2N2O3. The van der Waals surface area contributed by atoms with Crippen LogP contribution in [0.5, 0.6) is 11.5 Å². The molecule has 5 nitrogen and oxygen atoms in total. The molecule has 0 saturated carbocycles. The summed E-state index contributed by atoms with van der Waals surface area (Å²) in [6.45, 7) is 2.98. The molecule has 0 unspecified atom stereocenters. The van der Waals surface area contributed by atoms with Gasteiger partial charge in [-0.05, 0) is 24.6 Å². The van der Waals surface area contributed by atoms with Crippen LogP contribution in [0.2, 0.25) is 10.0 Å². The molecule has 0 fully saturated rings. The Morgan fingerprint density at radius 1 is 1.08 bits per heavy atom. The van der Waals surface area contributed by atoms with Crippen LogP contribution < -0.4 is 20.1 Å². The largest absolute Gasteiger partial charge is 0.486 e. The average Bonchev–Trinajstić information content (AvgIpc) is 2.56. The Morgan fingerprint density at radius 3 is 2.54 bits per heavy atom. The van der Waals surface area contributed by atoms with Crippen molar-refractivity contribution in [3.8, 4) is 11.5 Å². The van der Waals surface area contributed by atoms with E-state index in [-0.39, 0.29) is 12.5 Å². The Morgan fingerprint density at radius 2 is 1.79 bits per heavy atom. The third-order valence-electron chi connectivity index (χ3n) is 3.54. The number of anilines is 2. The Kier molecular flexibility index (Phi) is 5.02. The number of nitrogens with one attached hydrogen (secondary N) is 2. The van der Waals surface area contributed by atoms with Gasteiger partial charge in [0, 0.05) is 22.8 Å². The van der Waals surface area contributed by atoms with Gasteiger partial charge in [-0.2, -0.15) is 0 Å². The molecule has 2 aromatic carbocycles. The van der Waals surface area contributed by atoms with Crippen molar-refractivity contribution in [3.63, 3.8) is 0 Å². The van der Waals surface area contributed by atoms with Gasteiger partial charge in [0.2, 0.25) is 5.91 Å². The normalized spacial score (nSPS) is 12.6. The third-order valence-corrected chi connectivity index (χ3v) is 4.09. The zero-order chi connectivity index (χ0) is 17.1. The Bertz CT molecular complexity index is 781. The highest BCUT2D eigenvalue weighted by Gasteiger charge is 2.16. The van der Waals surface area contributed by atoms with E-state index in [2.05, 4.69) is 10.6 Å². The number of rotatable bonds is 4. The van der Waals surface area contributed by atoms with E-state index in [0.717, 1.165) is 11.3 Å². The molecule has 1 aliphatic heterocycles. The summed E-state index contributed by atoms with van der Waals surface area (Å²) in [4.78, 5) is 12.2. The van der Waals surface area contributed by atoms with E-state index in [1.807, 2.05) is 13.0 Å². The molecule has 7 heteroatoms. The molecule has 0 aromatic heterocycles. The molecule has 2 aromatic rings. The molecule has 0 spiro atoms. The standard InChI is InChI=1S/C17H16Cl2N2O3/c1-10-2-3-11(18)6-13(10)20-9-17(22)21-14-8-16-15(7-12(14)19)23-4-5-24-16/h2-3,6-8,20H,4-5,9H2,1H3,(H,21,22). The lowest BCUT2D eigenvalue weighted by Crippen LogP contribution is -2.22. The number of benzene rings is 2. The maximum Gasteiger partial charge on any atom is 0.243 e. The second-order valence-electron chi connectivity index (χ2n) is 5.34. The summed E-state index contributed by atoms with van der Waals surface area (Å²) in [6.07, 6.45) is 0. The molecule has 24 heavy (non-hydrogen) atoms. The molecule has 0 aliphatic carbocycles. The van der Waals surface area contributed by atoms with Crippen molar-refractivity contribution in [1.29, 1.82) is 0 Å². The highest BCUT2D eigenvalue weighted by Crippen LogP contribution is 2.37. The lowest BCUT2D eigenvalue weighted by Gasteiger charge is -2.20. The molecule has 1 aliphatic rings. The summed E-state index contributed by atoms with van der Waals surface area (Å²) in [5.41, 5.74) is 2.30. The summed E-state index contributed by atoms with van der Waals surface area (Å²) in [5.74, 6) is 0.921. The zero-order valence-electron chi connectivity index (χ0n) is 13.0. The van der Waals surface area contributed by atoms with Gasteiger partial charge in [-0.3, -0.25) is 4.79 Å². The quantitative estimate of drug-likeness (QED) is 0.854. The maximum atomic E-state index is 12.2. The number of amides is 1.